The van der Waals surface area contributed by atoms with Crippen LogP contribution in [-0.2, 0) is 16.1 Å². The molecule has 2 amide bonds. The van der Waals surface area contributed by atoms with Gasteiger partial charge in [-0.15, -0.1) is 0 Å². The van der Waals surface area contributed by atoms with Crippen molar-refractivity contribution in [3.05, 3.63) is 64.4 Å². The van der Waals surface area contributed by atoms with Crippen LogP contribution in [0.2, 0.25) is 0 Å². The Morgan fingerprint density at radius 3 is 2.56 bits per heavy atom. The Balaban J connectivity index is 1.15. The van der Waals surface area contributed by atoms with Crippen molar-refractivity contribution in [1.29, 1.82) is 0 Å². The molecule has 4 aromatic rings. The van der Waals surface area contributed by atoms with E-state index in [9.17, 15) is 14.4 Å². The third-order valence-corrected chi connectivity index (χ3v) is 8.77. The van der Waals surface area contributed by atoms with Gasteiger partial charge in [-0.2, -0.15) is 5.10 Å². The summed E-state index contributed by atoms with van der Waals surface area (Å²) in [5, 5.41) is 8.24. The largest absolute Gasteiger partial charge is 0.326 e. The fourth-order valence-corrected chi connectivity index (χ4v) is 6.32. The van der Waals surface area contributed by atoms with Crippen LogP contribution in [0.1, 0.15) is 60.4 Å². The summed E-state index contributed by atoms with van der Waals surface area (Å²) < 4.78 is 2.24. The normalized spacial score (nSPS) is 21.1. The summed E-state index contributed by atoms with van der Waals surface area (Å²) >= 11 is 3.41. The molecule has 2 saturated carbocycles. The van der Waals surface area contributed by atoms with Gasteiger partial charge in [-0.1, -0.05) is 12.1 Å². The number of ketones is 1. The molecule has 0 spiro atoms. The van der Waals surface area contributed by atoms with Crippen LogP contribution < -0.4 is 5.32 Å². The fourth-order valence-electron chi connectivity index (χ4n) is 6.01. The van der Waals surface area contributed by atoms with Crippen LogP contribution in [0.25, 0.3) is 22.0 Å². The molecule has 1 N–H and O–H groups in total. The van der Waals surface area contributed by atoms with Crippen molar-refractivity contribution in [3.63, 3.8) is 0 Å². The molecular formula is C30H28BrN7O3. The minimum atomic E-state index is -0.568. The highest BCUT2D eigenvalue weighted by Gasteiger charge is 2.56. The van der Waals surface area contributed by atoms with E-state index in [-0.39, 0.29) is 30.2 Å². The number of amides is 2. The third kappa shape index (κ3) is 4.81. The van der Waals surface area contributed by atoms with Gasteiger partial charge in [0.05, 0.1) is 5.52 Å². The Hall–Kier alpha value is -3.99. The monoisotopic (exact) mass is 613 g/mol. The minimum absolute atomic E-state index is 0.0545. The van der Waals surface area contributed by atoms with Crippen LogP contribution in [0, 0.1) is 12.8 Å². The Kier molecular flexibility index (Phi) is 6.22. The topological polar surface area (TPSA) is 123 Å². The Labute approximate surface area is 244 Å². The van der Waals surface area contributed by atoms with E-state index in [1.54, 1.807) is 22.0 Å². The van der Waals surface area contributed by atoms with Crippen LogP contribution in [0.4, 0.5) is 5.82 Å². The number of Topliss-reactive ketones (excluding diaryl/α,β-unsaturated/α-hetero) is 1. The first-order valence-corrected chi connectivity index (χ1v) is 14.6. The van der Waals surface area contributed by atoms with Gasteiger partial charge in [0, 0.05) is 36.3 Å². The average Bonchev–Trinajstić information content (AvgIpc) is 3.87. The van der Waals surface area contributed by atoms with E-state index >= 15 is 0 Å². The lowest BCUT2D eigenvalue weighted by Gasteiger charge is -2.27. The average molecular weight is 615 g/mol. The van der Waals surface area contributed by atoms with Crippen LogP contribution in [-0.4, -0.2) is 59.3 Å². The molecule has 3 fully saturated rings. The van der Waals surface area contributed by atoms with Crippen LogP contribution in [0.15, 0.2) is 47.3 Å². The lowest BCUT2D eigenvalue weighted by Crippen LogP contribution is -2.47. The summed E-state index contributed by atoms with van der Waals surface area (Å²) in [5.74, 6) is 1.41. The smallest absolute Gasteiger partial charge is 0.248 e. The molecule has 3 aliphatic rings. The molecule has 11 heteroatoms. The zero-order valence-electron chi connectivity index (χ0n) is 22.7. The number of rotatable bonds is 7. The van der Waals surface area contributed by atoms with E-state index in [1.165, 1.54) is 6.92 Å². The van der Waals surface area contributed by atoms with E-state index < -0.39 is 6.04 Å². The quantitative estimate of drug-likeness (QED) is 0.237. The lowest BCUT2D eigenvalue weighted by molar-refractivity contribution is -0.138. The van der Waals surface area contributed by atoms with Crippen molar-refractivity contribution in [1.82, 2.24) is 29.6 Å². The minimum Gasteiger partial charge on any atom is -0.326 e. The van der Waals surface area contributed by atoms with Crippen molar-refractivity contribution in [2.24, 2.45) is 5.92 Å². The number of benzene rings is 1. The van der Waals surface area contributed by atoms with Crippen LogP contribution in [0.5, 0.6) is 0 Å². The van der Waals surface area contributed by atoms with Crippen LogP contribution >= 0.6 is 15.9 Å². The summed E-state index contributed by atoms with van der Waals surface area (Å²) in [4.78, 5) is 54.6. The second-order valence-electron chi connectivity index (χ2n) is 11.3. The van der Waals surface area contributed by atoms with Gasteiger partial charge >= 0.3 is 0 Å². The van der Waals surface area contributed by atoms with Crippen molar-refractivity contribution in [2.45, 2.75) is 64.1 Å². The first-order chi connectivity index (χ1) is 19.8. The summed E-state index contributed by atoms with van der Waals surface area (Å²) in [6.07, 6.45) is 7.20. The number of pyridine rings is 1. The lowest BCUT2D eigenvalue weighted by atomic mass is 10.0. The van der Waals surface area contributed by atoms with Gasteiger partial charge in [0.15, 0.2) is 5.78 Å². The second-order valence-corrected chi connectivity index (χ2v) is 12.1. The number of likely N-dealkylation sites (tertiary alicyclic amines) is 1. The molecule has 2 unspecified atom stereocenters. The predicted molar refractivity (Wildman–Crippen MR) is 155 cm³/mol. The second kappa shape index (κ2) is 9.83. The van der Waals surface area contributed by atoms with Crippen molar-refractivity contribution in [3.8, 4) is 11.1 Å². The van der Waals surface area contributed by atoms with Gasteiger partial charge in [0.2, 0.25) is 11.8 Å². The zero-order chi connectivity index (χ0) is 28.4. The Bertz CT molecular complexity index is 1730. The molecule has 1 saturated heterocycles. The number of piperidine rings is 1. The summed E-state index contributed by atoms with van der Waals surface area (Å²) in [6.45, 7) is 3.23. The number of nitrogens with zero attached hydrogens (tertiary/aromatic N) is 6. The summed E-state index contributed by atoms with van der Waals surface area (Å²) in [5.41, 5.74) is 3.70. The Morgan fingerprint density at radius 2 is 1.83 bits per heavy atom. The molecule has 2 aliphatic carbocycles. The first kappa shape index (κ1) is 25.9. The van der Waals surface area contributed by atoms with Crippen molar-refractivity contribution in [2.75, 3.05) is 5.32 Å². The summed E-state index contributed by atoms with van der Waals surface area (Å²) in [7, 11) is 0. The third-order valence-electron chi connectivity index (χ3n) is 8.33. The number of carbonyl (C=O) groups is 3. The number of carbonyl (C=O) groups excluding carboxylic acids is 3. The highest BCUT2D eigenvalue weighted by Crippen LogP contribution is 2.48. The number of aryl methyl sites for hydroxylation is 1. The molecule has 208 valence electrons. The molecule has 41 heavy (non-hydrogen) atoms. The Morgan fingerprint density at radius 1 is 1.05 bits per heavy atom. The molecule has 3 atom stereocenters. The number of fused-ring (bicyclic) bond motifs is 2. The van der Waals surface area contributed by atoms with E-state index in [2.05, 4.69) is 41.3 Å². The number of anilines is 1. The number of aromatic nitrogens is 5. The van der Waals surface area contributed by atoms with Gasteiger partial charge in [-0.05, 0) is 89.7 Å². The van der Waals surface area contributed by atoms with Gasteiger partial charge in [-0.25, -0.2) is 15.0 Å². The number of nitrogens with one attached hydrogen (secondary N) is 1. The highest BCUT2D eigenvalue weighted by molar-refractivity contribution is 9.10. The van der Waals surface area contributed by atoms with Crippen molar-refractivity contribution >= 4 is 50.2 Å². The van der Waals surface area contributed by atoms with Gasteiger partial charge < -0.3 is 10.2 Å². The van der Waals surface area contributed by atoms with Crippen molar-refractivity contribution < 1.29 is 14.4 Å². The molecular weight excluding hydrogens is 586 g/mol. The molecule has 0 radical (unpaired) electrons. The summed E-state index contributed by atoms with van der Waals surface area (Å²) in [6, 6.07) is 9.05. The maximum Gasteiger partial charge on any atom is 0.248 e. The first-order valence-electron chi connectivity index (χ1n) is 13.9. The van der Waals surface area contributed by atoms with Gasteiger partial charge in [0.25, 0.3) is 0 Å². The number of hydrogen-bond acceptors (Lipinski definition) is 7. The van der Waals surface area contributed by atoms with E-state index in [0.29, 0.717) is 51.1 Å². The number of hydrogen-bond donors (Lipinski definition) is 1. The van der Waals surface area contributed by atoms with E-state index in [0.717, 1.165) is 36.0 Å². The maximum atomic E-state index is 13.8. The molecule has 1 aromatic carbocycles. The molecule has 7 rings (SSSR count). The van der Waals surface area contributed by atoms with E-state index in [4.69, 9.17) is 0 Å². The highest BCUT2D eigenvalue weighted by atomic mass is 79.9. The predicted octanol–water partition coefficient (Wildman–Crippen LogP) is 4.67. The molecule has 1 aliphatic heterocycles. The number of halogens is 1. The van der Waals surface area contributed by atoms with Gasteiger partial charge in [0.1, 0.15) is 34.5 Å². The fraction of sp³-hybridized carbons (Fsp3) is 0.367. The molecule has 0 bridgehead atoms. The SMILES string of the molecule is CC(=O)c1nn(CC(=O)N2C3CC3C[C@H]2C(=O)Nc2nc(Br)ccc2C2CC2)c2ccc(-c3cnc(C)nc3)cc12. The molecule has 10 nitrogen and oxygen atoms in total. The zero-order valence-corrected chi connectivity index (χ0v) is 24.3. The standard InChI is InChI=1S/C30H28BrN7O3/c1-15(39)28-22-9-18(20-12-32-16(2)33-13-20)5-7-23(22)37(36-28)14-27(40)38-24-10-19(24)11-25(38)30(41)35-29-21(17-3-4-17)6-8-26(31)34-29/h5-9,12-13,17,19,24-25H,3-4,10-11,14H2,1-2H3,(H,34,35,41)/t19?,24?,25-/m0/s1. The maximum absolute atomic E-state index is 13.8. The van der Waals surface area contributed by atoms with E-state index in [1.807, 2.05) is 37.3 Å². The molecule has 4 heterocycles. The molecule has 3 aromatic heterocycles. The van der Waals surface area contributed by atoms with Crippen LogP contribution in [0.3, 0.4) is 0 Å². The van der Waals surface area contributed by atoms with Gasteiger partial charge in [-0.3, -0.25) is 19.1 Å².